The van der Waals surface area contributed by atoms with Crippen molar-refractivity contribution in [2.24, 2.45) is 5.73 Å². The highest BCUT2D eigenvalue weighted by Crippen LogP contribution is 2.33. The van der Waals surface area contributed by atoms with E-state index in [4.69, 9.17) is 20.0 Å². The fourth-order valence-corrected chi connectivity index (χ4v) is 1.81. The van der Waals surface area contributed by atoms with Crippen LogP contribution < -0.4 is 10.5 Å². The molecule has 0 aliphatic rings. The molecule has 1 aromatic heterocycles. The number of rotatable bonds is 3. The number of carboxylic acids is 1. The van der Waals surface area contributed by atoms with Gasteiger partial charge in [-0.3, -0.25) is 4.79 Å². The SMILES string of the molecule is COc1ccc(C(N)C(=O)O)c2cc(C)oc12. The number of aryl methyl sites for hydroxylation is 1. The Balaban J connectivity index is 2.70. The maximum Gasteiger partial charge on any atom is 0.325 e. The maximum atomic E-state index is 10.9. The van der Waals surface area contributed by atoms with E-state index in [2.05, 4.69) is 0 Å². The smallest absolute Gasteiger partial charge is 0.325 e. The molecule has 5 nitrogen and oxygen atoms in total. The van der Waals surface area contributed by atoms with Crippen LogP contribution in [0.25, 0.3) is 11.0 Å². The van der Waals surface area contributed by atoms with E-state index >= 15 is 0 Å². The minimum atomic E-state index is -1.07. The molecule has 0 bridgehead atoms. The average Bonchev–Trinajstić information content (AvgIpc) is 2.67. The molecule has 1 heterocycles. The van der Waals surface area contributed by atoms with Crippen LogP contribution in [0.5, 0.6) is 5.75 Å². The Labute approximate surface area is 97.8 Å². The van der Waals surface area contributed by atoms with Gasteiger partial charge in [-0.25, -0.2) is 0 Å². The monoisotopic (exact) mass is 235 g/mol. The van der Waals surface area contributed by atoms with Gasteiger partial charge in [0.05, 0.1) is 7.11 Å². The Morgan fingerprint density at radius 1 is 1.53 bits per heavy atom. The van der Waals surface area contributed by atoms with Crippen LogP contribution in [0, 0.1) is 6.92 Å². The van der Waals surface area contributed by atoms with Gasteiger partial charge in [-0.2, -0.15) is 0 Å². The molecule has 0 amide bonds. The molecule has 2 aromatic rings. The van der Waals surface area contributed by atoms with Crippen LogP contribution in [-0.2, 0) is 4.79 Å². The van der Waals surface area contributed by atoms with Crippen molar-refractivity contribution in [3.05, 3.63) is 29.5 Å². The molecule has 1 aromatic carbocycles. The fraction of sp³-hybridized carbons (Fsp3) is 0.250. The van der Waals surface area contributed by atoms with Crippen LogP contribution in [0.1, 0.15) is 17.4 Å². The van der Waals surface area contributed by atoms with E-state index in [1.807, 2.05) is 0 Å². The lowest BCUT2D eigenvalue weighted by molar-refractivity contribution is -0.138. The summed E-state index contributed by atoms with van der Waals surface area (Å²) in [5.74, 6) is 0.174. The standard InChI is InChI=1S/C12H13NO4/c1-6-5-8-7(10(13)12(14)15)3-4-9(16-2)11(8)17-6/h3-5,10H,13H2,1-2H3,(H,14,15). The molecule has 0 aliphatic carbocycles. The minimum absolute atomic E-state index is 0.519. The van der Waals surface area contributed by atoms with Gasteiger partial charge in [0, 0.05) is 5.39 Å². The molecule has 1 atom stereocenters. The summed E-state index contributed by atoms with van der Waals surface area (Å²) in [6.45, 7) is 1.79. The molecule has 0 saturated heterocycles. The van der Waals surface area contributed by atoms with Crippen LogP contribution in [0.15, 0.2) is 22.6 Å². The summed E-state index contributed by atoms with van der Waals surface area (Å²) in [5, 5.41) is 9.62. The van der Waals surface area contributed by atoms with Gasteiger partial charge >= 0.3 is 5.97 Å². The van der Waals surface area contributed by atoms with Crippen LogP contribution in [-0.4, -0.2) is 18.2 Å². The van der Waals surface area contributed by atoms with Crippen LogP contribution in [0.4, 0.5) is 0 Å². The van der Waals surface area contributed by atoms with Gasteiger partial charge in [-0.1, -0.05) is 6.07 Å². The van der Waals surface area contributed by atoms with Gasteiger partial charge in [0.2, 0.25) is 0 Å². The van der Waals surface area contributed by atoms with E-state index in [0.717, 1.165) is 0 Å². The molecule has 0 spiro atoms. The zero-order valence-electron chi connectivity index (χ0n) is 9.56. The molecule has 90 valence electrons. The topological polar surface area (TPSA) is 85.7 Å². The maximum absolute atomic E-state index is 10.9. The molecule has 0 radical (unpaired) electrons. The second-order valence-corrected chi connectivity index (χ2v) is 3.77. The summed E-state index contributed by atoms with van der Waals surface area (Å²) in [4.78, 5) is 10.9. The first-order chi connectivity index (χ1) is 8.04. The predicted octanol–water partition coefficient (Wildman–Crippen LogP) is 1.83. The molecular formula is C12H13NO4. The lowest BCUT2D eigenvalue weighted by Gasteiger charge is -2.09. The van der Waals surface area contributed by atoms with Crippen molar-refractivity contribution < 1.29 is 19.1 Å². The third-order valence-electron chi connectivity index (χ3n) is 2.63. The molecular weight excluding hydrogens is 222 g/mol. The minimum Gasteiger partial charge on any atom is -0.493 e. The van der Waals surface area contributed by atoms with Crippen LogP contribution >= 0.6 is 0 Å². The molecule has 0 fully saturated rings. The zero-order valence-corrected chi connectivity index (χ0v) is 9.56. The fourth-order valence-electron chi connectivity index (χ4n) is 1.81. The number of fused-ring (bicyclic) bond motifs is 1. The molecule has 0 aliphatic heterocycles. The Kier molecular flexibility index (Phi) is 2.77. The summed E-state index contributed by atoms with van der Waals surface area (Å²) in [7, 11) is 1.53. The number of aliphatic carboxylic acids is 1. The van der Waals surface area contributed by atoms with Crippen molar-refractivity contribution in [1.29, 1.82) is 0 Å². The third-order valence-corrected chi connectivity index (χ3v) is 2.63. The number of hydrogen-bond donors (Lipinski definition) is 2. The van der Waals surface area contributed by atoms with Crippen molar-refractivity contribution in [1.82, 2.24) is 0 Å². The molecule has 2 rings (SSSR count). The van der Waals surface area contributed by atoms with Crippen LogP contribution in [0.2, 0.25) is 0 Å². The summed E-state index contributed by atoms with van der Waals surface area (Å²) >= 11 is 0. The van der Waals surface area contributed by atoms with Crippen molar-refractivity contribution >= 4 is 16.9 Å². The average molecular weight is 235 g/mol. The number of ether oxygens (including phenoxy) is 1. The van der Waals surface area contributed by atoms with E-state index in [1.54, 1.807) is 25.1 Å². The second kappa shape index (κ2) is 4.10. The Bertz CT molecular complexity index is 573. The number of carbonyl (C=O) groups is 1. The highest BCUT2D eigenvalue weighted by Gasteiger charge is 2.20. The second-order valence-electron chi connectivity index (χ2n) is 3.77. The number of benzene rings is 1. The third kappa shape index (κ3) is 1.85. The molecule has 17 heavy (non-hydrogen) atoms. The summed E-state index contributed by atoms with van der Waals surface area (Å²) in [6, 6.07) is 3.99. The Morgan fingerprint density at radius 2 is 2.24 bits per heavy atom. The highest BCUT2D eigenvalue weighted by atomic mass is 16.5. The number of hydrogen-bond acceptors (Lipinski definition) is 4. The van der Waals surface area contributed by atoms with Gasteiger partial charge in [0.15, 0.2) is 11.3 Å². The van der Waals surface area contributed by atoms with E-state index in [0.29, 0.717) is 28.0 Å². The first-order valence-corrected chi connectivity index (χ1v) is 5.10. The molecule has 0 saturated carbocycles. The molecule has 3 N–H and O–H groups in total. The zero-order chi connectivity index (χ0) is 12.6. The van der Waals surface area contributed by atoms with Gasteiger partial charge < -0.3 is 20.0 Å². The van der Waals surface area contributed by atoms with E-state index in [1.165, 1.54) is 7.11 Å². The van der Waals surface area contributed by atoms with Gasteiger partial charge in [-0.15, -0.1) is 0 Å². The van der Waals surface area contributed by atoms with E-state index < -0.39 is 12.0 Å². The van der Waals surface area contributed by atoms with Gasteiger partial charge in [0.25, 0.3) is 0 Å². The quantitative estimate of drug-likeness (QED) is 0.847. The molecule has 1 unspecified atom stereocenters. The first kappa shape index (κ1) is 11.5. The van der Waals surface area contributed by atoms with Crippen LogP contribution in [0.3, 0.4) is 0 Å². The lowest BCUT2D eigenvalue weighted by Crippen LogP contribution is -2.20. The van der Waals surface area contributed by atoms with Gasteiger partial charge in [-0.05, 0) is 24.6 Å². The lowest BCUT2D eigenvalue weighted by atomic mass is 10.0. The summed E-state index contributed by atoms with van der Waals surface area (Å²) in [6.07, 6.45) is 0. The normalized spacial score (nSPS) is 12.6. The number of nitrogens with two attached hydrogens (primary N) is 1. The number of furan rings is 1. The number of methoxy groups -OCH3 is 1. The molecule has 5 heteroatoms. The van der Waals surface area contributed by atoms with Crippen molar-refractivity contribution in [2.75, 3.05) is 7.11 Å². The summed E-state index contributed by atoms with van der Waals surface area (Å²) in [5.41, 5.74) is 6.67. The Morgan fingerprint density at radius 3 is 2.82 bits per heavy atom. The number of carboxylic acid groups (broad SMARTS) is 1. The van der Waals surface area contributed by atoms with Gasteiger partial charge in [0.1, 0.15) is 11.8 Å². The van der Waals surface area contributed by atoms with Crippen molar-refractivity contribution in [3.8, 4) is 5.75 Å². The largest absolute Gasteiger partial charge is 0.493 e. The van der Waals surface area contributed by atoms with E-state index in [9.17, 15) is 4.79 Å². The van der Waals surface area contributed by atoms with Crippen molar-refractivity contribution in [3.63, 3.8) is 0 Å². The van der Waals surface area contributed by atoms with E-state index in [-0.39, 0.29) is 0 Å². The first-order valence-electron chi connectivity index (χ1n) is 5.10. The Hall–Kier alpha value is -2.01. The highest BCUT2D eigenvalue weighted by molar-refractivity contribution is 5.91. The van der Waals surface area contributed by atoms with Crippen molar-refractivity contribution in [2.45, 2.75) is 13.0 Å². The summed E-state index contributed by atoms with van der Waals surface area (Å²) < 4.78 is 10.6. The predicted molar refractivity (Wildman–Crippen MR) is 62.1 cm³/mol.